The summed E-state index contributed by atoms with van der Waals surface area (Å²) >= 11 is 3.50. The first-order valence-electron chi connectivity index (χ1n) is 6.19. The van der Waals surface area contributed by atoms with Gasteiger partial charge in [0, 0.05) is 32.6 Å². The Balaban J connectivity index is 2.22. The molecule has 0 saturated carbocycles. The highest BCUT2D eigenvalue weighted by molar-refractivity contribution is 9.10. The third kappa shape index (κ3) is 2.93. The van der Waals surface area contributed by atoms with Gasteiger partial charge in [0.1, 0.15) is 5.60 Å². The highest BCUT2D eigenvalue weighted by Gasteiger charge is 2.36. The molecule has 5 nitrogen and oxygen atoms in total. The van der Waals surface area contributed by atoms with Crippen molar-refractivity contribution in [3.8, 4) is 0 Å². The molecule has 0 bridgehead atoms. The predicted octanol–water partition coefficient (Wildman–Crippen LogP) is 1.21. The van der Waals surface area contributed by atoms with Crippen LogP contribution in [0.4, 0.5) is 0 Å². The summed E-state index contributed by atoms with van der Waals surface area (Å²) in [6, 6.07) is 0. The molecule has 1 aliphatic rings. The number of rotatable bonds is 4. The monoisotopic (exact) mass is 317 g/mol. The maximum Gasteiger partial charge on any atom is 0.112 e. The van der Waals surface area contributed by atoms with Crippen molar-refractivity contribution in [3.05, 3.63) is 16.4 Å². The zero-order valence-corrected chi connectivity index (χ0v) is 12.5. The highest BCUT2D eigenvalue weighted by atomic mass is 79.9. The van der Waals surface area contributed by atoms with Gasteiger partial charge < -0.3 is 14.7 Å². The number of hydrogen-bond acceptors (Lipinski definition) is 4. The zero-order valence-electron chi connectivity index (χ0n) is 10.9. The van der Waals surface area contributed by atoms with E-state index in [9.17, 15) is 5.11 Å². The van der Waals surface area contributed by atoms with Gasteiger partial charge in [-0.3, -0.25) is 4.68 Å². The molecule has 1 aliphatic heterocycles. The number of nitrogens with zero attached hydrogens (tertiary/aromatic N) is 3. The van der Waals surface area contributed by atoms with Gasteiger partial charge in [-0.1, -0.05) is 0 Å². The van der Waals surface area contributed by atoms with Gasteiger partial charge in [0.2, 0.25) is 0 Å². The second-order valence-corrected chi connectivity index (χ2v) is 5.87. The first-order valence-corrected chi connectivity index (χ1v) is 6.99. The Morgan fingerprint density at radius 1 is 1.50 bits per heavy atom. The van der Waals surface area contributed by atoms with Crippen LogP contribution in [0.15, 0.2) is 10.7 Å². The normalized spacial score (nSPS) is 19.4. The Labute approximate surface area is 116 Å². The summed E-state index contributed by atoms with van der Waals surface area (Å²) < 4.78 is 8.11. The Morgan fingerprint density at radius 3 is 2.78 bits per heavy atom. The van der Waals surface area contributed by atoms with E-state index in [0.29, 0.717) is 26.1 Å². The lowest BCUT2D eigenvalue weighted by atomic mass is 9.90. The summed E-state index contributed by atoms with van der Waals surface area (Å²) in [5.74, 6) is 0. The number of aliphatic hydroxyl groups is 1. The fourth-order valence-corrected chi connectivity index (χ4v) is 2.90. The van der Waals surface area contributed by atoms with Gasteiger partial charge in [-0.2, -0.15) is 5.10 Å². The lowest BCUT2D eigenvalue weighted by Crippen LogP contribution is -2.36. The largest absolute Gasteiger partial charge is 0.383 e. The summed E-state index contributed by atoms with van der Waals surface area (Å²) in [5.41, 5.74) is 0.0625. The van der Waals surface area contributed by atoms with E-state index in [-0.39, 0.29) is 0 Å². The van der Waals surface area contributed by atoms with Gasteiger partial charge in [0.05, 0.1) is 22.9 Å². The molecule has 0 aromatic carbocycles. The van der Waals surface area contributed by atoms with Crippen LogP contribution < -0.4 is 0 Å². The van der Waals surface area contributed by atoms with Gasteiger partial charge in [-0.15, -0.1) is 0 Å². The number of ether oxygens (including phenoxy) is 1. The molecule has 18 heavy (non-hydrogen) atoms. The quantitative estimate of drug-likeness (QED) is 0.906. The molecule has 1 N–H and O–H groups in total. The summed E-state index contributed by atoms with van der Waals surface area (Å²) in [6.07, 6.45) is 3.01. The second kappa shape index (κ2) is 5.69. The maximum absolute atomic E-state index is 10.8. The van der Waals surface area contributed by atoms with Gasteiger partial charge in [0.25, 0.3) is 0 Å². The first kappa shape index (κ1) is 14.0. The minimum atomic E-state index is -0.820. The fourth-order valence-electron chi connectivity index (χ4n) is 2.24. The molecule has 1 aromatic heterocycles. The molecule has 0 unspecified atom stereocenters. The average Bonchev–Trinajstić information content (AvgIpc) is 2.69. The van der Waals surface area contributed by atoms with Crippen LogP contribution >= 0.6 is 15.9 Å². The molecule has 1 aromatic rings. The molecule has 6 heteroatoms. The molecule has 102 valence electrons. The molecule has 0 radical (unpaired) electrons. The molecule has 0 amide bonds. The van der Waals surface area contributed by atoms with Crippen molar-refractivity contribution in [1.29, 1.82) is 0 Å². The first-order chi connectivity index (χ1) is 8.53. The minimum absolute atomic E-state index is 0.599. The van der Waals surface area contributed by atoms with Crippen molar-refractivity contribution in [2.24, 2.45) is 0 Å². The Bertz CT molecular complexity index is 400. The van der Waals surface area contributed by atoms with Gasteiger partial charge >= 0.3 is 0 Å². The number of hydrogen-bond donors (Lipinski definition) is 1. The fraction of sp³-hybridized carbons (Fsp3) is 0.750. The second-order valence-electron chi connectivity index (χ2n) is 5.01. The summed E-state index contributed by atoms with van der Waals surface area (Å²) in [6.45, 7) is 2.87. The minimum Gasteiger partial charge on any atom is -0.383 e. The zero-order chi connectivity index (χ0) is 13.2. The molecular formula is C12H20BrN3O2. The number of halogens is 1. The summed E-state index contributed by atoms with van der Waals surface area (Å²) in [4.78, 5) is 2.10. The van der Waals surface area contributed by atoms with E-state index < -0.39 is 5.60 Å². The van der Waals surface area contributed by atoms with E-state index in [1.54, 1.807) is 6.20 Å². The predicted molar refractivity (Wildman–Crippen MR) is 72.4 cm³/mol. The standard InChI is InChI=1S/C12H20BrN3O2/c1-15(2)5-6-16-11(10(13)9-14-16)12(17)3-7-18-8-4-12/h9,17H,3-8H2,1-2H3. The van der Waals surface area contributed by atoms with E-state index >= 15 is 0 Å². The van der Waals surface area contributed by atoms with Crippen LogP contribution in [0.1, 0.15) is 18.5 Å². The third-order valence-electron chi connectivity index (χ3n) is 3.31. The Kier molecular flexibility index (Phi) is 4.42. The average molecular weight is 318 g/mol. The molecule has 0 spiro atoms. The van der Waals surface area contributed by atoms with Crippen LogP contribution in [0.5, 0.6) is 0 Å². The highest BCUT2D eigenvalue weighted by Crippen LogP contribution is 2.36. The van der Waals surface area contributed by atoms with Crippen LogP contribution in [-0.4, -0.2) is 53.6 Å². The van der Waals surface area contributed by atoms with Gasteiger partial charge in [0.15, 0.2) is 0 Å². The lowest BCUT2D eigenvalue weighted by molar-refractivity contribution is -0.0735. The smallest absolute Gasteiger partial charge is 0.112 e. The van der Waals surface area contributed by atoms with Crippen molar-refractivity contribution >= 4 is 15.9 Å². The van der Waals surface area contributed by atoms with Crippen LogP contribution in [0, 0.1) is 0 Å². The van der Waals surface area contributed by atoms with Crippen LogP contribution in [0.25, 0.3) is 0 Å². The van der Waals surface area contributed by atoms with E-state index in [0.717, 1.165) is 23.3 Å². The third-order valence-corrected chi connectivity index (χ3v) is 3.89. The van der Waals surface area contributed by atoms with Crippen molar-refractivity contribution in [2.75, 3.05) is 33.9 Å². The summed E-state index contributed by atoms with van der Waals surface area (Å²) in [5, 5.41) is 15.1. The topological polar surface area (TPSA) is 50.5 Å². The molecule has 2 rings (SSSR count). The van der Waals surface area contributed by atoms with E-state index in [4.69, 9.17) is 4.74 Å². The van der Waals surface area contributed by atoms with Crippen LogP contribution in [-0.2, 0) is 16.9 Å². The van der Waals surface area contributed by atoms with E-state index in [1.807, 2.05) is 18.8 Å². The van der Waals surface area contributed by atoms with Gasteiger partial charge in [-0.05, 0) is 30.0 Å². The van der Waals surface area contributed by atoms with Crippen molar-refractivity contribution in [2.45, 2.75) is 25.0 Å². The Hall–Kier alpha value is -0.430. The van der Waals surface area contributed by atoms with Crippen LogP contribution in [0.2, 0.25) is 0 Å². The van der Waals surface area contributed by atoms with Gasteiger partial charge in [-0.25, -0.2) is 0 Å². The summed E-state index contributed by atoms with van der Waals surface area (Å²) in [7, 11) is 4.06. The van der Waals surface area contributed by atoms with Crippen molar-refractivity contribution < 1.29 is 9.84 Å². The number of aromatic nitrogens is 2. The van der Waals surface area contributed by atoms with Crippen molar-refractivity contribution in [1.82, 2.24) is 14.7 Å². The van der Waals surface area contributed by atoms with E-state index in [2.05, 4.69) is 25.9 Å². The lowest BCUT2D eigenvalue weighted by Gasteiger charge is -2.33. The maximum atomic E-state index is 10.8. The molecule has 1 fully saturated rings. The number of likely N-dealkylation sites (N-methyl/N-ethyl adjacent to an activating group) is 1. The SMILES string of the molecule is CN(C)CCn1ncc(Br)c1C1(O)CCOCC1. The molecule has 0 atom stereocenters. The molecule has 2 heterocycles. The molecular weight excluding hydrogens is 298 g/mol. The molecule has 1 saturated heterocycles. The van der Waals surface area contributed by atoms with Crippen molar-refractivity contribution in [3.63, 3.8) is 0 Å². The Morgan fingerprint density at radius 2 is 2.17 bits per heavy atom. The van der Waals surface area contributed by atoms with E-state index in [1.165, 1.54) is 0 Å². The molecule has 0 aliphatic carbocycles. The van der Waals surface area contributed by atoms with Crippen LogP contribution in [0.3, 0.4) is 0 Å².